The Morgan fingerprint density at radius 3 is 1.98 bits per heavy atom. The number of likely N-dealkylation sites (N-methyl/N-ethyl adjacent to an activating group) is 1. The first-order chi connectivity index (χ1) is 19.3. The van der Waals surface area contributed by atoms with Gasteiger partial charge in [-0.1, -0.05) is 47.1 Å². The third-order valence-corrected chi connectivity index (χ3v) is 8.46. The summed E-state index contributed by atoms with van der Waals surface area (Å²) in [6.07, 6.45) is 6.12. The number of nitrogens with one attached hydrogen (secondary N) is 2. The minimum atomic E-state index is -0.722. The summed E-state index contributed by atoms with van der Waals surface area (Å²) in [4.78, 5) is 59.7. The maximum Gasteiger partial charge on any atom is 0.249 e. The molecule has 0 bridgehead atoms. The second kappa shape index (κ2) is 14.4. The van der Waals surface area contributed by atoms with E-state index in [1.165, 1.54) is 0 Å². The van der Waals surface area contributed by atoms with Crippen LogP contribution in [0.5, 0.6) is 0 Å². The van der Waals surface area contributed by atoms with E-state index in [1.54, 1.807) is 23.8 Å². The molecule has 2 N–H and O–H groups in total. The molecule has 42 heavy (non-hydrogen) atoms. The van der Waals surface area contributed by atoms with Gasteiger partial charge in [-0.05, 0) is 85.1 Å². The average Bonchev–Trinajstić information content (AvgIpc) is 3.37. The standard InChI is InChI=1S/C33H59N5O4/c1-21(2)26(20-23(5)30(41)38-19-15-17-25(38)29(40)35-33(9,10)11)36(12)31(42)27(32(6,7)8)34-28(39)24-16-13-14-18-37(24)22(3)4/h20-22,24-27H,13-19H2,1-12H3,(H,34,39)(H,35,40)/b23-20+/t24-,25+,26-,27-/m1/s1. The van der Waals surface area contributed by atoms with Gasteiger partial charge in [0, 0.05) is 30.7 Å². The molecule has 0 aliphatic carbocycles. The fourth-order valence-corrected chi connectivity index (χ4v) is 6.13. The summed E-state index contributed by atoms with van der Waals surface area (Å²) in [6.45, 7) is 23.1. The Hall–Kier alpha value is -2.42. The van der Waals surface area contributed by atoms with Gasteiger partial charge in [-0.15, -0.1) is 0 Å². The van der Waals surface area contributed by atoms with Crippen molar-refractivity contribution in [3.63, 3.8) is 0 Å². The molecule has 2 fully saturated rings. The van der Waals surface area contributed by atoms with Gasteiger partial charge in [0.1, 0.15) is 12.1 Å². The summed E-state index contributed by atoms with van der Waals surface area (Å²) in [6, 6.07) is -1.58. The lowest BCUT2D eigenvalue weighted by atomic mass is 9.84. The number of nitrogens with zero attached hydrogens (tertiary/aromatic N) is 3. The number of rotatable bonds is 9. The van der Waals surface area contributed by atoms with Gasteiger partial charge in [0.05, 0.1) is 12.1 Å². The van der Waals surface area contributed by atoms with Crippen LogP contribution >= 0.6 is 0 Å². The van der Waals surface area contributed by atoms with Crippen molar-refractivity contribution in [2.45, 2.75) is 144 Å². The minimum absolute atomic E-state index is 0.0198. The number of likely N-dealkylation sites (tertiary alicyclic amines) is 2. The zero-order chi connectivity index (χ0) is 32.2. The van der Waals surface area contributed by atoms with Crippen LogP contribution in [0.3, 0.4) is 0 Å². The van der Waals surface area contributed by atoms with Crippen molar-refractivity contribution in [2.75, 3.05) is 20.1 Å². The van der Waals surface area contributed by atoms with E-state index in [4.69, 9.17) is 0 Å². The summed E-state index contributed by atoms with van der Waals surface area (Å²) in [5, 5.41) is 6.14. The van der Waals surface area contributed by atoms with Gasteiger partial charge >= 0.3 is 0 Å². The van der Waals surface area contributed by atoms with Crippen LogP contribution in [0, 0.1) is 11.3 Å². The molecule has 240 valence electrons. The molecule has 2 heterocycles. The topological polar surface area (TPSA) is 102 Å². The van der Waals surface area contributed by atoms with Crippen LogP contribution in [0.25, 0.3) is 0 Å². The molecular formula is C33H59N5O4. The molecule has 2 rings (SSSR count). The van der Waals surface area contributed by atoms with Crippen LogP contribution in [-0.4, -0.2) is 94.2 Å². The quantitative estimate of drug-likeness (QED) is 0.394. The maximum absolute atomic E-state index is 14.1. The van der Waals surface area contributed by atoms with E-state index in [9.17, 15) is 19.2 Å². The lowest BCUT2D eigenvalue weighted by Gasteiger charge is -2.41. The summed E-state index contributed by atoms with van der Waals surface area (Å²) in [5.41, 5.74) is -0.388. The molecule has 9 heteroatoms. The molecule has 0 saturated carbocycles. The van der Waals surface area contributed by atoms with Crippen molar-refractivity contribution in [1.82, 2.24) is 25.3 Å². The van der Waals surface area contributed by atoms with Gasteiger partial charge in [0.25, 0.3) is 0 Å². The molecule has 2 aliphatic rings. The molecule has 9 nitrogen and oxygen atoms in total. The lowest BCUT2D eigenvalue weighted by molar-refractivity contribution is -0.142. The van der Waals surface area contributed by atoms with E-state index in [0.717, 1.165) is 32.2 Å². The van der Waals surface area contributed by atoms with Crippen LogP contribution in [0.15, 0.2) is 11.6 Å². The van der Waals surface area contributed by atoms with Crippen molar-refractivity contribution in [3.8, 4) is 0 Å². The predicted octanol–water partition coefficient (Wildman–Crippen LogP) is 4.12. The van der Waals surface area contributed by atoms with Crippen LogP contribution < -0.4 is 10.6 Å². The van der Waals surface area contributed by atoms with Gasteiger partial charge < -0.3 is 20.4 Å². The van der Waals surface area contributed by atoms with Gasteiger partial charge in [0.2, 0.25) is 23.6 Å². The highest BCUT2D eigenvalue weighted by Gasteiger charge is 2.40. The van der Waals surface area contributed by atoms with Crippen molar-refractivity contribution in [3.05, 3.63) is 11.6 Å². The van der Waals surface area contributed by atoms with Crippen molar-refractivity contribution < 1.29 is 19.2 Å². The number of hydrogen-bond acceptors (Lipinski definition) is 5. The smallest absolute Gasteiger partial charge is 0.249 e. The van der Waals surface area contributed by atoms with Gasteiger partial charge in [-0.3, -0.25) is 24.1 Å². The molecule has 4 amide bonds. The first-order valence-corrected chi connectivity index (χ1v) is 15.9. The van der Waals surface area contributed by atoms with Crippen molar-refractivity contribution >= 4 is 23.6 Å². The van der Waals surface area contributed by atoms with Gasteiger partial charge in [-0.25, -0.2) is 0 Å². The predicted molar refractivity (Wildman–Crippen MR) is 169 cm³/mol. The highest BCUT2D eigenvalue weighted by Crippen LogP contribution is 2.27. The maximum atomic E-state index is 14.1. The fraction of sp³-hybridized carbons (Fsp3) is 0.818. The molecule has 2 saturated heterocycles. The van der Waals surface area contributed by atoms with E-state index in [1.807, 2.05) is 61.5 Å². The van der Waals surface area contributed by atoms with Crippen LogP contribution in [0.1, 0.15) is 108 Å². The molecular weight excluding hydrogens is 530 g/mol. The Kier molecular flexibility index (Phi) is 12.2. The Morgan fingerprint density at radius 1 is 0.857 bits per heavy atom. The minimum Gasteiger partial charge on any atom is -0.350 e. The Labute approximate surface area is 255 Å². The molecule has 0 aromatic rings. The van der Waals surface area contributed by atoms with Crippen molar-refractivity contribution in [2.24, 2.45) is 11.3 Å². The summed E-state index contributed by atoms with van der Waals surface area (Å²) >= 11 is 0. The van der Waals surface area contributed by atoms with E-state index < -0.39 is 17.5 Å². The molecule has 0 radical (unpaired) electrons. The number of carbonyl (C=O) groups is 4. The zero-order valence-electron chi connectivity index (χ0n) is 28.5. The molecule has 0 aromatic heterocycles. The molecule has 0 aromatic carbocycles. The van der Waals surface area contributed by atoms with E-state index in [0.29, 0.717) is 18.5 Å². The van der Waals surface area contributed by atoms with Gasteiger partial charge in [0.15, 0.2) is 0 Å². The molecule has 4 atom stereocenters. The Bertz CT molecular complexity index is 1010. The lowest BCUT2D eigenvalue weighted by Crippen LogP contribution is -2.60. The van der Waals surface area contributed by atoms with Crippen LogP contribution in [0.4, 0.5) is 0 Å². The number of hydrogen-bond donors (Lipinski definition) is 2. The van der Waals surface area contributed by atoms with E-state index in [2.05, 4.69) is 29.4 Å². The summed E-state index contributed by atoms with van der Waals surface area (Å²) < 4.78 is 0. The second-order valence-electron chi connectivity index (χ2n) is 15.1. The van der Waals surface area contributed by atoms with E-state index in [-0.39, 0.29) is 53.2 Å². The zero-order valence-corrected chi connectivity index (χ0v) is 28.5. The van der Waals surface area contributed by atoms with Crippen molar-refractivity contribution in [1.29, 1.82) is 0 Å². The highest BCUT2D eigenvalue weighted by atomic mass is 16.2. The van der Waals surface area contributed by atoms with Crippen LogP contribution in [-0.2, 0) is 19.2 Å². The highest BCUT2D eigenvalue weighted by molar-refractivity contribution is 5.97. The fourth-order valence-electron chi connectivity index (χ4n) is 6.13. The SMILES string of the molecule is C/C(=C\[C@H](C(C)C)N(C)C(=O)[C@@H](NC(=O)[C@H]1CCCCN1C(C)C)C(C)(C)C)C(=O)N1CCC[C@H]1C(=O)NC(C)(C)C. The first-order valence-electron chi connectivity index (χ1n) is 15.9. The third-order valence-electron chi connectivity index (χ3n) is 8.46. The summed E-state index contributed by atoms with van der Waals surface area (Å²) in [5.74, 6) is -0.568. The number of piperidine rings is 1. The third kappa shape index (κ3) is 9.29. The van der Waals surface area contributed by atoms with Crippen LogP contribution in [0.2, 0.25) is 0 Å². The number of carbonyl (C=O) groups excluding carboxylic acids is 4. The Morgan fingerprint density at radius 2 is 1.45 bits per heavy atom. The average molecular weight is 590 g/mol. The molecule has 2 aliphatic heterocycles. The van der Waals surface area contributed by atoms with E-state index >= 15 is 0 Å². The molecule has 0 unspecified atom stereocenters. The second-order valence-corrected chi connectivity index (χ2v) is 15.1. The normalized spacial score (nSPS) is 22.2. The molecule has 0 spiro atoms. The first kappa shape index (κ1) is 35.8. The Balaban J connectivity index is 2.27. The number of amides is 4. The monoisotopic (exact) mass is 589 g/mol. The summed E-state index contributed by atoms with van der Waals surface area (Å²) in [7, 11) is 1.75. The largest absolute Gasteiger partial charge is 0.350 e. The van der Waals surface area contributed by atoms with Gasteiger partial charge in [-0.2, -0.15) is 0 Å².